The molecule has 4 nitrogen and oxygen atoms in total. The second-order valence-corrected chi connectivity index (χ2v) is 3.12. The highest BCUT2D eigenvalue weighted by atomic mass is 19.1. The second-order valence-electron chi connectivity index (χ2n) is 3.12. The number of para-hydroxylation sites is 1. The van der Waals surface area contributed by atoms with E-state index in [4.69, 9.17) is 11.5 Å². The predicted molar refractivity (Wildman–Crippen MR) is 55.8 cm³/mol. The fourth-order valence-corrected chi connectivity index (χ4v) is 1.36. The summed E-state index contributed by atoms with van der Waals surface area (Å²) in [5.41, 5.74) is 12.3. The van der Waals surface area contributed by atoms with Crippen molar-refractivity contribution in [2.24, 2.45) is 5.73 Å². The van der Waals surface area contributed by atoms with Crippen molar-refractivity contribution in [2.45, 2.75) is 6.54 Å². The van der Waals surface area contributed by atoms with E-state index >= 15 is 0 Å². The molecule has 1 aromatic heterocycles. The molecule has 0 bridgehead atoms. The summed E-state index contributed by atoms with van der Waals surface area (Å²) in [7, 11) is 0. The Bertz CT molecular complexity index is 478. The standard InChI is InChI=1S/C10H11FN4/c11-8-3-1-2-4-9(8)15-10(13)7(5-12)6-14-15/h1-4,6H,5,12-13H2. The van der Waals surface area contributed by atoms with E-state index < -0.39 is 0 Å². The van der Waals surface area contributed by atoms with E-state index in [2.05, 4.69) is 5.10 Å². The quantitative estimate of drug-likeness (QED) is 0.771. The van der Waals surface area contributed by atoms with Gasteiger partial charge in [-0.25, -0.2) is 9.07 Å². The van der Waals surface area contributed by atoms with Crippen molar-refractivity contribution in [1.82, 2.24) is 9.78 Å². The molecule has 15 heavy (non-hydrogen) atoms. The van der Waals surface area contributed by atoms with E-state index in [9.17, 15) is 4.39 Å². The van der Waals surface area contributed by atoms with Crippen LogP contribution in [0.3, 0.4) is 0 Å². The van der Waals surface area contributed by atoms with Crippen LogP contribution in [0.2, 0.25) is 0 Å². The molecule has 0 atom stereocenters. The van der Waals surface area contributed by atoms with Crippen molar-refractivity contribution >= 4 is 5.82 Å². The predicted octanol–water partition coefficient (Wildman–Crippen LogP) is 1.05. The van der Waals surface area contributed by atoms with Gasteiger partial charge in [-0.15, -0.1) is 0 Å². The molecule has 0 fully saturated rings. The molecule has 0 aliphatic heterocycles. The van der Waals surface area contributed by atoms with Crippen molar-refractivity contribution in [2.75, 3.05) is 5.73 Å². The van der Waals surface area contributed by atoms with Crippen LogP contribution in [0.1, 0.15) is 5.56 Å². The van der Waals surface area contributed by atoms with Crippen LogP contribution < -0.4 is 11.5 Å². The van der Waals surface area contributed by atoms with Crippen LogP contribution in [0.4, 0.5) is 10.2 Å². The molecule has 78 valence electrons. The number of anilines is 1. The number of nitrogens with two attached hydrogens (primary N) is 2. The molecular formula is C10H11FN4. The van der Waals surface area contributed by atoms with Gasteiger partial charge in [0.1, 0.15) is 17.3 Å². The van der Waals surface area contributed by atoms with Crippen molar-refractivity contribution < 1.29 is 4.39 Å². The zero-order chi connectivity index (χ0) is 10.8. The highest BCUT2D eigenvalue weighted by Crippen LogP contribution is 2.18. The van der Waals surface area contributed by atoms with Crippen molar-refractivity contribution in [3.05, 3.63) is 41.8 Å². The SMILES string of the molecule is NCc1cnn(-c2ccccc2F)c1N. The molecule has 4 N–H and O–H groups in total. The van der Waals surface area contributed by atoms with Crippen LogP contribution in [-0.2, 0) is 6.54 Å². The lowest BCUT2D eigenvalue weighted by Crippen LogP contribution is -2.06. The zero-order valence-electron chi connectivity index (χ0n) is 8.02. The van der Waals surface area contributed by atoms with Gasteiger partial charge >= 0.3 is 0 Å². The summed E-state index contributed by atoms with van der Waals surface area (Å²) in [6.07, 6.45) is 1.54. The molecule has 0 aliphatic carbocycles. The van der Waals surface area contributed by atoms with Gasteiger partial charge in [-0.05, 0) is 12.1 Å². The fourth-order valence-electron chi connectivity index (χ4n) is 1.36. The normalized spacial score (nSPS) is 10.5. The fraction of sp³-hybridized carbons (Fsp3) is 0.100. The highest BCUT2D eigenvalue weighted by molar-refractivity contribution is 5.47. The molecule has 0 radical (unpaired) electrons. The Morgan fingerprint density at radius 2 is 2.07 bits per heavy atom. The Balaban J connectivity index is 2.55. The number of halogens is 1. The smallest absolute Gasteiger partial charge is 0.148 e. The minimum atomic E-state index is -0.365. The summed E-state index contributed by atoms with van der Waals surface area (Å²) < 4.78 is 14.8. The first kappa shape index (κ1) is 9.67. The van der Waals surface area contributed by atoms with Crippen LogP contribution >= 0.6 is 0 Å². The topological polar surface area (TPSA) is 69.9 Å². The summed E-state index contributed by atoms with van der Waals surface area (Å²) in [5.74, 6) is 0.0125. The molecule has 0 spiro atoms. The third kappa shape index (κ3) is 1.57. The highest BCUT2D eigenvalue weighted by Gasteiger charge is 2.10. The Hall–Kier alpha value is -1.88. The third-order valence-corrected chi connectivity index (χ3v) is 2.19. The van der Waals surface area contributed by atoms with Gasteiger partial charge in [-0.1, -0.05) is 12.1 Å². The van der Waals surface area contributed by atoms with E-state index in [1.54, 1.807) is 24.4 Å². The van der Waals surface area contributed by atoms with Crippen molar-refractivity contribution in [3.8, 4) is 5.69 Å². The largest absolute Gasteiger partial charge is 0.383 e. The van der Waals surface area contributed by atoms with Gasteiger partial charge in [0.2, 0.25) is 0 Å². The average molecular weight is 206 g/mol. The number of nitrogen functional groups attached to an aromatic ring is 1. The molecule has 1 heterocycles. The van der Waals surface area contributed by atoms with Crippen LogP contribution in [0.15, 0.2) is 30.5 Å². The summed E-state index contributed by atoms with van der Waals surface area (Å²) in [6.45, 7) is 0.292. The lowest BCUT2D eigenvalue weighted by Gasteiger charge is -2.05. The van der Waals surface area contributed by atoms with E-state index in [0.29, 0.717) is 23.6 Å². The first-order chi connectivity index (χ1) is 7.24. The third-order valence-electron chi connectivity index (χ3n) is 2.19. The first-order valence-corrected chi connectivity index (χ1v) is 4.51. The van der Waals surface area contributed by atoms with E-state index in [1.165, 1.54) is 10.7 Å². The first-order valence-electron chi connectivity index (χ1n) is 4.51. The minimum absolute atomic E-state index is 0.292. The minimum Gasteiger partial charge on any atom is -0.383 e. The monoisotopic (exact) mass is 206 g/mol. The second kappa shape index (κ2) is 3.70. The van der Waals surface area contributed by atoms with Gasteiger partial charge < -0.3 is 11.5 Å². The summed E-state index contributed by atoms with van der Waals surface area (Å²) >= 11 is 0. The number of nitrogens with zero attached hydrogens (tertiary/aromatic N) is 2. The van der Waals surface area contributed by atoms with Crippen LogP contribution in [0, 0.1) is 5.82 Å². The molecule has 0 saturated heterocycles. The Kier molecular flexibility index (Phi) is 2.39. The lowest BCUT2D eigenvalue weighted by molar-refractivity contribution is 0.612. The van der Waals surface area contributed by atoms with Gasteiger partial charge in [-0.3, -0.25) is 0 Å². The Morgan fingerprint density at radius 3 is 2.67 bits per heavy atom. The molecule has 2 rings (SSSR count). The van der Waals surface area contributed by atoms with Gasteiger partial charge in [0.05, 0.1) is 6.20 Å². The molecular weight excluding hydrogens is 195 g/mol. The molecule has 0 amide bonds. The van der Waals surface area contributed by atoms with Crippen molar-refractivity contribution in [3.63, 3.8) is 0 Å². The average Bonchev–Trinajstić information content (AvgIpc) is 2.60. The maximum atomic E-state index is 13.4. The van der Waals surface area contributed by atoms with E-state index in [-0.39, 0.29) is 5.82 Å². The molecule has 5 heteroatoms. The number of hydrogen-bond acceptors (Lipinski definition) is 3. The van der Waals surface area contributed by atoms with Crippen LogP contribution in [-0.4, -0.2) is 9.78 Å². The van der Waals surface area contributed by atoms with Gasteiger partial charge in [0.25, 0.3) is 0 Å². The number of benzene rings is 1. The zero-order valence-corrected chi connectivity index (χ0v) is 8.02. The number of hydrogen-bond donors (Lipinski definition) is 2. The summed E-state index contributed by atoms with van der Waals surface area (Å²) in [4.78, 5) is 0. The maximum Gasteiger partial charge on any atom is 0.148 e. The lowest BCUT2D eigenvalue weighted by atomic mass is 10.3. The van der Waals surface area contributed by atoms with Gasteiger partial charge in [-0.2, -0.15) is 5.10 Å². The van der Waals surface area contributed by atoms with Crippen molar-refractivity contribution in [1.29, 1.82) is 0 Å². The molecule has 1 aromatic carbocycles. The molecule has 0 saturated carbocycles. The number of rotatable bonds is 2. The molecule has 2 aromatic rings. The van der Waals surface area contributed by atoms with Gasteiger partial charge in [0, 0.05) is 12.1 Å². The van der Waals surface area contributed by atoms with Crippen LogP contribution in [0.5, 0.6) is 0 Å². The molecule has 0 aliphatic rings. The summed E-state index contributed by atoms with van der Waals surface area (Å²) in [6, 6.07) is 6.31. The molecule has 0 unspecified atom stereocenters. The maximum absolute atomic E-state index is 13.4. The van der Waals surface area contributed by atoms with Gasteiger partial charge in [0.15, 0.2) is 0 Å². The Morgan fingerprint density at radius 1 is 1.33 bits per heavy atom. The number of aromatic nitrogens is 2. The summed E-state index contributed by atoms with van der Waals surface area (Å²) in [5, 5.41) is 3.99. The van der Waals surface area contributed by atoms with E-state index in [0.717, 1.165) is 0 Å². The van der Waals surface area contributed by atoms with Crippen LogP contribution in [0.25, 0.3) is 5.69 Å². The van der Waals surface area contributed by atoms with E-state index in [1.807, 2.05) is 0 Å². The Labute approximate surface area is 86.3 Å².